The molecule has 0 aliphatic carbocycles. The summed E-state index contributed by atoms with van der Waals surface area (Å²) in [7, 11) is 0. The molecule has 138 valence electrons. The van der Waals surface area contributed by atoms with Crippen LogP contribution in [0.4, 0.5) is 11.4 Å². The number of benzene rings is 2. The zero-order valence-electron chi connectivity index (χ0n) is 15.5. The van der Waals surface area contributed by atoms with Crippen molar-refractivity contribution in [1.29, 1.82) is 0 Å². The number of amides is 1. The summed E-state index contributed by atoms with van der Waals surface area (Å²) in [6.45, 7) is 4.74. The Balaban J connectivity index is 1.58. The summed E-state index contributed by atoms with van der Waals surface area (Å²) < 4.78 is 5.78. The van der Waals surface area contributed by atoms with Gasteiger partial charge < -0.3 is 15.4 Å². The predicted octanol–water partition coefficient (Wildman–Crippen LogP) is 5.00. The molecule has 0 atom stereocenters. The average molecular weight is 361 g/mol. The van der Waals surface area contributed by atoms with Gasteiger partial charge in [0.1, 0.15) is 17.2 Å². The number of carbonyl (C=O) groups is 1. The van der Waals surface area contributed by atoms with Gasteiger partial charge in [-0.2, -0.15) is 0 Å². The molecule has 0 bridgehead atoms. The third kappa shape index (κ3) is 5.57. The van der Waals surface area contributed by atoms with Gasteiger partial charge in [0.05, 0.1) is 11.9 Å². The lowest BCUT2D eigenvalue weighted by Gasteiger charge is -2.10. The molecule has 0 aliphatic rings. The zero-order valence-corrected chi connectivity index (χ0v) is 15.5. The van der Waals surface area contributed by atoms with Crippen LogP contribution >= 0.6 is 0 Å². The molecule has 1 aromatic heterocycles. The van der Waals surface area contributed by atoms with Crippen LogP contribution in [0.15, 0.2) is 72.9 Å². The van der Waals surface area contributed by atoms with Gasteiger partial charge in [-0.25, -0.2) is 4.98 Å². The van der Waals surface area contributed by atoms with Crippen molar-refractivity contribution in [2.24, 2.45) is 5.92 Å². The number of hydrogen-bond donors (Lipinski definition) is 2. The second-order valence-electron chi connectivity index (χ2n) is 6.60. The molecule has 1 amide bonds. The van der Waals surface area contributed by atoms with E-state index < -0.39 is 0 Å². The summed E-state index contributed by atoms with van der Waals surface area (Å²) in [6.07, 6.45) is 1.65. The SMILES string of the molecule is CC(C)CNC(=O)c1ccc(Nc2ccc(Oc3ccccc3)cc2)cn1. The fourth-order valence-electron chi connectivity index (χ4n) is 2.39. The molecule has 0 aliphatic heterocycles. The molecule has 0 saturated carbocycles. The molecule has 0 unspecified atom stereocenters. The molecule has 5 heteroatoms. The van der Waals surface area contributed by atoms with Crippen molar-refractivity contribution in [3.8, 4) is 11.5 Å². The Morgan fingerprint density at radius 3 is 2.22 bits per heavy atom. The van der Waals surface area contributed by atoms with Crippen LogP contribution in [0.1, 0.15) is 24.3 Å². The smallest absolute Gasteiger partial charge is 0.269 e. The molecule has 3 rings (SSSR count). The second-order valence-corrected chi connectivity index (χ2v) is 6.60. The van der Waals surface area contributed by atoms with Crippen molar-refractivity contribution in [3.63, 3.8) is 0 Å². The van der Waals surface area contributed by atoms with Crippen molar-refractivity contribution in [2.45, 2.75) is 13.8 Å². The number of nitrogens with one attached hydrogen (secondary N) is 2. The van der Waals surface area contributed by atoms with Crippen molar-refractivity contribution >= 4 is 17.3 Å². The van der Waals surface area contributed by atoms with E-state index in [1.807, 2.05) is 60.7 Å². The van der Waals surface area contributed by atoms with Gasteiger partial charge in [-0.05, 0) is 54.4 Å². The van der Waals surface area contributed by atoms with Gasteiger partial charge in [0.15, 0.2) is 0 Å². The first kappa shape index (κ1) is 18.5. The fourth-order valence-corrected chi connectivity index (χ4v) is 2.39. The minimum Gasteiger partial charge on any atom is -0.457 e. The fraction of sp³-hybridized carbons (Fsp3) is 0.182. The normalized spacial score (nSPS) is 10.5. The van der Waals surface area contributed by atoms with E-state index in [1.165, 1.54) is 0 Å². The van der Waals surface area contributed by atoms with Gasteiger partial charge >= 0.3 is 0 Å². The van der Waals surface area contributed by atoms with Crippen LogP contribution in [0.5, 0.6) is 11.5 Å². The van der Waals surface area contributed by atoms with Gasteiger partial charge in [-0.1, -0.05) is 32.0 Å². The maximum atomic E-state index is 12.0. The van der Waals surface area contributed by atoms with Crippen LogP contribution in [0.25, 0.3) is 0 Å². The summed E-state index contributed by atoms with van der Waals surface area (Å²) >= 11 is 0. The van der Waals surface area contributed by atoms with E-state index in [0.717, 1.165) is 22.9 Å². The molecule has 27 heavy (non-hydrogen) atoms. The zero-order chi connectivity index (χ0) is 19.1. The molecule has 3 aromatic rings. The van der Waals surface area contributed by atoms with Gasteiger partial charge in [-0.3, -0.25) is 4.79 Å². The molecule has 0 spiro atoms. The molecule has 0 fully saturated rings. The maximum Gasteiger partial charge on any atom is 0.269 e. The van der Waals surface area contributed by atoms with Crippen molar-refractivity contribution in [3.05, 3.63) is 78.6 Å². The van der Waals surface area contributed by atoms with E-state index >= 15 is 0 Å². The predicted molar refractivity (Wildman–Crippen MR) is 108 cm³/mol. The monoisotopic (exact) mass is 361 g/mol. The van der Waals surface area contributed by atoms with Crippen LogP contribution in [0.3, 0.4) is 0 Å². The highest BCUT2D eigenvalue weighted by Crippen LogP contribution is 2.24. The number of para-hydroxylation sites is 1. The number of ether oxygens (including phenoxy) is 1. The number of carbonyl (C=O) groups excluding carboxylic acids is 1. The molecule has 2 aromatic carbocycles. The Morgan fingerprint density at radius 2 is 1.59 bits per heavy atom. The molecule has 0 radical (unpaired) electrons. The minimum absolute atomic E-state index is 0.155. The minimum atomic E-state index is -0.155. The topological polar surface area (TPSA) is 63.2 Å². The highest BCUT2D eigenvalue weighted by Gasteiger charge is 2.07. The van der Waals surface area contributed by atoms with Crippen molar-refractivity contribution < 1.29 is 9.53 Å². The number of rotatable bonds is 7. The van der Waals surface area contributed by atoms with Gasteiger partial charge in [0.25, 0.3) is 5.91 Å². The Bertz CT molecular complexity index is 860. The lowest BCUT2D eigenvalue weighted by molar-refractivity contribution is 0.0944. The second kappa shape index (κ2) is 8.85. The first-order chi connectivity index (χ1) is 13.1. The van der Waals surface area contributed by atoms with Gasteiger partial charge in [0.2, 0.25) is 0 Å². The van der Waals surface area contributed by atoms with Crippen molar-refractivity contribution in [2.75, 3.05) is 11.9 Å². The third-order valence-corrected chi connectivity index (χ3v) is 3.79. The Hall–Kier alpha value is -3.34. The lowest BCUT2D eigenvalue weighted by atomic mass is 10.2. The van der Waals surface area contributed by atoms with Crippen LogP contribution in [-0.2, 0) is 0 Å². The summed E-state index contributed by atoms with van der Waals surface area (Å²) in [4.78, 5) is 16.2. The number of nitrogens with zero attached hydrogens (tertiary/aromatic N) is 1. The summed E-state index contributed by atoms with van der Waals surface area (Å²) in [5, 5.41) is 6.12. The van der Waals surface area contributed by atoms with E-state index in [2.05, 4.69) is 29.5 Å². The molecular formula is C22H23N3O2. The van der Waals surface area contributed by atoms with Gasteiger partial charge in [0, 0.05) is 12.2 Å². The third-order valence-electron chi connectivity index (χ3n) is 3.79. The van der Waals surface area contributed by atoms with E-state index in [4.69, 9.17) is 4.74 Å². The number of pyridine rings is 1. The molecule has 5 nitrogen and oxygen atoms in total. The van der Waals surface area contributed by atoms with Crippen molar-refractivity contribution in [1.82, 2.24) is 10.3 Å². The molecular weight excluding hydrogens is 338 g/mol. The lowest BCUT2D eigenvalue weighted by Crippen LogP contribution is -2.27. The quantitative estimate of drug-likeness (QED) is 0.621. The Kier molecular flexibility index (Phi) is 6.05. The summed E-state index contributed by atoms with van der Waals surface area (Å²) in [5.41, 5.74) is 2.13. The first-order valence-corrected chi connectivity index (χ1v) is 8.94. The summed E-state index contributed by atoms with van der Waals surface area (Å²) in [6, 6.07) is 20.9. The molecule has 2 N–H and O–H groups in total. The standard InChI is InChI=1S/C22H23N3O2/c1-16(2)14-24-22(26)21-13-10-18(15-23-21)25-17-8-11-20(12-9-17)27-19-6-4-3-5-7-19/h3-13,15-16,25H,14H2,1-2H3,(H,24,26). The first-order valence-electron chi connectivity index (χ1n) is 8.94. The molecule has 0 saturated heterocycles. The highest BCUT2D eigenvalue weighted by molar-refractivity contribution is 5.92. The van der Waals surface area contributed by atoms with E-state index in [-0.39, 0.29) is 5.91 Å². The van der Waals surface area contributed by atoms with Gasteiger partial charge in [-0.15, -0.1) is 0 Å². The van der Waals surface area contributed by atoms with E-state index in [9.17, 15) is 4.79 Å². The van der Waals surface area contributed by atoms with Crippen LogP contribution in [0, 0.1) is 5.92 Å². The van der Waals surface area contributed by atoms with E-state index in [1.54, 1.807) is 12.3 Å². The highest BCUT2D eigenvalue weighted by atomic mass is 16.5. The molecule has 1 heterocycles. The number of aromatic nitrogens is 1. The van der Waals surface area contributed by atoms with Crippen LogP contribution in [0.2, 0.25) is 0 Å². The Morgan fingerprint density at radius 1 is 0.926 bits per heavy atom. The maximum absolute atomic E-state index is 12.0. The van der Waals surface area contributed by atoms with Crippen LogP contribution < -0.4 is 15.4 Å². The van der Waals surface area contributed by atoms with E-state index in [0.29, 0.717) is 18.2 Å². The largest absolute Gasteiger partial charge is 0.457 e. The average Bonchev–Trinajstić information content (AvgIpc) is 2.69. The number of hydrogen-bond acceptors (Lipinski definition) is 4. The number of anilines is 2. The van der Waals surface area contributed by atoms with Crippen LogP contribution in [-0.4, -0.2) is 17.4 Å². The summed E-state index contributed by atoms with van der Waals surface area (Å²) in [5.74, 6) is 1.82. The Labute approximate surface area is 159 Å².